The third-order valence-corrected chi connectivity index (χ3v) is 9.30. The molecule has 1 aliphatic carbocycles. The Morgan fingerprint density at radius 3 is 2.32 bits per heavy atom. The smallest absolute Gasteiger partial charge is 0.229 e. The first kappa shape index (κ1) is 25.9. The number of carbonyl (C=O) groups excluding carboxylic acids is 1. The van der Waals surface area contributed by atoms with Gasteiger partial charge in [0.2, 0.25) is 10.0 Å². The average Bonchev–Trinajstić information content (AvgIpc) is 2.95. The zero-order chi connectivity index (χ0) is 28.5. The van der Waals surface area contributed by atoms with Crippen LogP contribution in [0.3, 0.4) is 0 Å². The Kier molecular flexibility index (Phi) is 5.84. The summed E-state index contributed by atoms with van der Waals surface area (Å²) in [6.07, 6.45) is 5.71. The van der Waals surface area contributed by atoms with Crippen molar-refractivity contribution in [1.82, 2.24) is 9.97 Å². The average molecular weight is 566 g/mol. The van der Waals surface area contributed by atoms with Crippen LogP contribution in [0, 0.1) is 5.92 Å². The van der Waals surface area contributed by atoms with Crippen molar-refractivity contribution in [3.05, 3.63) is 83.4 Å². The summed E-state index contributed by atoms with van der Waals surface area (Å²) in [6.45, 7) is 4.43. The summed E-state index contributed by atoms with van der Waals surface area (Å²) >= 11 is 0. The molecule has 4 aromatic carbocycles. The van der Waals surface area contributed by atoms with E-state index in [-0.39, 0.29) is 11.4 Å². The summed E-state index contributed by atoms with van der Waals surface area (Å²) in [5, 5.41) is 2.09. The second-order valence-corrected chi connectivity index (χ2v) is 13.6. The van der Waals surface area contributed by atoms with Crippen molar-refractivity contribution in [3.8, 4) is 5.75 Å². The lowest BCUT2D eigenvalue weighted by molar-refractivity contribution is -0.00409. The van der Waals surface area contributed by atoms with Gasteiger partial charge in [0.15, 0.2) is 5.78 Å². The van der Waals surface area contributed by atoms with E-state index < -0.39 is 10.0 Å². The molecule has 1 aromatic heterocycles. The first-order valence-corrected chi connectivity index (χ1v) is 16.0. The molecule has 2 aliphatic rings. The van der Waals surface area contributed by atoms with E-state index in [1.54, 1.807) is 36.4 Å². The Hall–Kier alpha value is -4.04. The van der Waals surface area contributed by atoms with E-state index in [0.717, 1.165) is 57.7 Å². The molecule has 8 heteroatoms. The van der Waals surface area contributed by atoms with Gasteiger partial charge >= 0.3 is 0 Å². The standard InChI is InChI=1S/C33H31N3O4S/c1-33(2)25-11-7-6-10-24(25)28-30-29(22-8-4-5-9-23(22)32(28)40-33)34-26-17-14-20(18-27(26)35-30)31(37)19-12-15-21(16-13-19)36-41(3,38)39/h4-5,8-9,12-18,24-25,36H,6-7,10-11H2,1-3H3. The van der Waals surface area contributed by atoms with Crippen molar-refractivity contribution in [2.45, 2.75) is 51.0 Å². The van der Waals surface area contributed by atoms with E-state index in [4.69, 9.17) is 14.7 Å². The molecule has 0 spiro atoms. The van der Waals surface area contributed by atoms with Crippen LogP contribution in [0.1, 0.15) is 66.9 Å². The van der Waals surface area contributed by atoms with Gasteiger partial charge < -0.3 is 4.74 Å². The maximum Gasteiger partial charge on any atom is 0.229 e. The number of carbonyl (C=O) groups is 1. The van der Waals surface area contributed by atoms with E-state index in [0.29, 0.717) is 34.2 Å². The van der Waals surface area contributed by atoms with Gasteiger partial charge in [-0.2, -0.15) is 0 Å². The van der Waals surface area contributed by atoms with Gasteiger partial charge in [0.25, 0.3) is 0 Å². The van der Waals surface area contributed by atoms with Crippen LogP contribution in [0.25, 0.3) is 32.8 Å². The molecule has 0 bridgehead atoms. The van der Waals surface area contributed by atoms with E-state index in [1.165, 1.54) is 12.8 Å². The van der Waals surface area contributed by atoms with Crippen LogP contribution >= 0.6 is 0 Å². The molecule has 208 valence electrons. The number of benzene rings is 4. The maximum absolute atomic E-state index is 13.4. The third kappa shape index (κ3) is 4.41. The van der Waals surface area contributed by atoms with Gasteiger partial charge in [0, 0.05) is 39.1 Å². The second-order valence-electron chi connectivity index (χ2n) is 11.9. The highest BCUT2D eigenvalue weighted by Gasteiger charge is 2.46. The van der Waals surface area contributed by atoms with E-state index in [2.05, 4.69) is 30.7 Å². The number of sulfonamides is 1. The molecule has 1 aliphatic heterocycles. The molecule has 0 saturated heterocycles. The Morgan fingerprint density at radius 1 is 0.878 bits per heavy atom. The number of ketones is 1. The van der Waals surface area contributed by atoms with Crippen molar-refractivity contribution in [2.24, 2.45) is 5.92 Å². The normalized spacial score (nSPS) is 19.9. The first-order valence-electron chi connectivity index (χ1n) is 14.1. The summed E-state index contributed by atoms with van der Waals surface area (Å²) in [7, 11) is -3.40. The van der Waals surface area contributed by atoms with Crippen LogP contribution < -0.4 is 9.46 Å². The van der Waals surface area contributed by atoms with Crippen molar-refractivity contribution in [1.29, 1.82) is 0 Å². The fourth-order valence-electron chi connectivity index (χ4n) is 6.88. The van der Waals surface area contributed by atoms with Gasteiger partial charge in [-0.1, -0.05) is 37.1 Å². The second kappa shape index (κ2) is 9.24. The van der Waals surface area contributed by atoms with Crippen LogP contribution in [0.15, 0.2) is 66.7 Å². The third-order valence-electron chi connectivity index (χ3n) is 8.70. The number of anilines is 1. The molecule has 2 unspecified atom stereocenters. The lowest BCUT2D eigenvalue weighted by Gasteiger charge is -2.48. The van der Waals surface area contributed by atoms with Crippen LogP contribution in [-0.4, -0.2) is 36.0 Å². The van der Waals surface area contributed by atoms with Crippen molar-refractivity contribution < 1.29 is 17.9 Å². The number of aromatic nitrogens is 2. The predicted molar refractivity (Wildman–Crippen MR) is 162 cm³/mol. The molecule has 7 nitrogen and oxygen atoms in total. The molecule has 1 fully saturated rings. The fraction of sp³-hybridized carbons (Fsp3) is 0.303. The molecule has 1 N–H and O–H groups in total. The van der Waals surface area contributed by atoms with Gasteiger partial charge in [0.1, 0.15) is 11.4 Å². The van der Waals surface area contributed by atoms with E-state index in [1.807, 2.05) is 18.2 Å². The maximum atomic E-state index is 13.4. The number of hydrogen-bond acceptors (Lipinski definition) is 6. The van der Waals surface area contributed by atoms with Gasteiger partial charge in [-0.15, -0.1) is 0 Å². The summed E-state index contributed by atoms with van der Waals surface area (Å²) in [6, 6.07) is 20.1. The zero-order valence-electron chi connectivity index (χ0n) is 23.3. The fourth-order valence-corrected chi connectivity index (χ4v) is 7.45. The summed E-state index contributed by atoms with van der Waals surface area (Å²) in [4.78, 5) is 23.7. The Morgan fingerprint density at radius 2 is 1.56 bits per heavy atom. The summed E-state index contributed by atoms with van der Waals surface area (Å²) < 4.78 is 32.3. The largest absolute Gasteiger partial charge is 0.487 e. The number of nitrogens with zero attached hydrogens (tertiary/aromatic N) is 2. The number of rotatable bonds is 4. The Bertz CT molecular complexity index is 1980. The van der Waals surface area contributed by atoms with E-state index in [9.17, 15) is 13.2 Å². The monoisotopic (exact) mass is 565 g/mol. The summed E-state index contributed by atoms with van der Waals surface area (Å²) in [5.74, 6) is 1.49. The lowest BCUT2D eigenvalue weighted by Crippen LogP contribution is -2.46. The quantitative estimate of drug-likeness (QED) is 0.143. The van der Waals surface area contributed by atoms with Crippen molar-refractivity contribution in [2.75, 3.05) is 11.0 Å². The minimum absolute atomic E-state index is 0.169. The van der Waals surface area contributed by atoms with Gasteiger partial charge in [0.05, 0.1) is 28.3 Å². The topological polar surface area (TPSA) is 98.2 Å². The number of fused-ring (bicyclic) bond motifs is 9. The molecule has 2 heterocycles. The number of hydrogen-bond donors (Lipinski definition) is 1. The minimum atomic E-state index is -3.40. The highest BCUT2D eigenvalue weighted by atomic mass is 32.2. The Labute approximate surface area is 239 Å². The molecule has 41 heavy (non-hydrogen) atoms. The molecule has 5 aromatic rings. The molecular formula is C33H31N3O4S. The highest BCUT2D eigenvalue weighted by Crippen LogP contribution is 2.55. The molecule has 7 rings (SSSR count). The number of ether oxygens (including phenoxy) is 1. The predicted octanol–water partition coefficient (Wildman–Crippen LogP) is 6.98. The van der Waals surface area contributed by atoms with Crippen LogP contribution in [0.2, 0.25) is 0 Å². The SMILES string of the molecule is CC1(C)Oc2c(c3nc4cc(C(=O)c5ccc(NS(C)(=O)=O)cc5)ccc4nc3c3ccccc23)C2CCCCC21. The molecule has 2 atom stereocenters. The lowest BCUT2D eigenvalue weighted by atomic mass is 9.66. The van der Waals surface area contributed by atoms with Gasteiger partial charge in [-0.25, -0.2) is 18.4 Å². The van der Waals surface area contributed by atoms with Crippen LogP contribution in [0.5, 0.6) is 5.75 Å². The zero-order valence-corrected chi connectivity index (χ0v) is 24.1. The van der Waals surface area contributed by atoms with Crippen LogP contribution in [0.4, 0.5) is 5.69 Å². The Balaban J connectivity index is 1.39. The van der Waals surface area contributed by atoms with Gasteiger partial charge in [-0.05, 0) is 75.1 Å². The number of nitrogens with one attached hydrogen (secondary N) is 1. The van der Waals surface area contributed by atoms with Crippen molar-refractivity contribution >= 4 is 54.3 Å². The highest BCUT2D eigenvalue weighted by molar-refractivity contribution is 7.92. The summed E-state index contributed by atoms with van der Waals surface area (Å²) in [5.41, 5.74) is 5.36. The van der Waals surface area contributed by atoms with E-state index >= 15 is 0 Å². The van der Waals surface area contributed by atoms with Crippen LogP contribution in [-0.2, 0) is 10.0 Å². The first-order chi connectivity index (χ1) is 19.6. The van der Waals surface area contributed by atoms with Gasteiger partial charge in [-0.3, -0.25) is 9.52 Å². The molecule has 0 radical (unpaired) electrons. The molecular weight excluding hydrogens is 534 g/mol. The minimum Gasteiger partial charge on any atom is -0.487 e. The molecule has 0 amide bonds. The van der Waals surface area contributed by atoms with Crippen molar-refractivity contribution in [3.63, 3.8) is 0 Å². The molecule has 1 saturated carbocycles.